The second kappa shape index (κ2) is 7.39. The van der Waals surface area contributed by atoms with Gasteiger partial charge >= 0.3 is 5.97 Å². The van der Waals surface area contributed by atoms with Crippen molar-refractivity contribution in [1.82, 2.24) is 19.8 Å². The topological polar surface area (TPSA) is 101 Å². The van der Waals surface area contributed by atoms with E-state index in [0.29, 0.717) is 40.7 Å². The number of halogens is 2. The van der Waals surface area contributed by atoms with Crippen molar-refractivity contribution in [2.75, 3.05) is 6.54 Å². The molecule has 10 heteroatoms. The molecule has 0 radical (unpaired) electrons. The van der Waals surface area contributed by atoms with Crippen LogP contribution in [0.1, 0.15) is 40.1 Å². The Balaban J connectivity index is 1.57. The van der Waals surface area contributed by atoms with Crippen LogP contribution >= 0.6 is 23.2 Å². The minimum atomic E-state index is -0.891. The van der Waals surface area contributed by atoms with E-state index in [4.69, 9.17) is 32.8 Å². The van der Waals surface area contributed by atoms with Crippen LogP contribution in [0.3, 0.4) is 0 Å². The number of carboxylic acids is 1. The second-order valence-corrected chi connectivity index (χ2v) is 8.69. The van der Waals surface area contributed by atoms with E-state index >= 15 is 0 Å². The first-order chi connectivity index (χ1) is 14.8. The van der Waals surface area contributed by atoms with Crippen LogP contribution in [0.15, 0.2) is 29.0 Å². The van der Waals surface area contributed by atoms with Crippen LogP contribution in [0.2, 0.25) is 10.0 Å². The van der Waals surface area contributed by atoms with Gasteiger partial charge in [0.2, 0.25) is 0 Å². The summed E-state index contributed by atoms with van der Waals surface area (Å²) in [7, 11) is 0. The molecule has 0 saturated carbocycles. The molecule has 2 aliphatic heterocycles. The summed E-state index contributed by atoms with van der Waals surface area (Å²) in [6, 6.07) is 4.54. The predicted molar refractivity (Wildman–Crippen MR) is 112 cm³/mol. The molecule has 2 atom stereocenters. The van der Waals surface area contributed by atoms with Crippen molar-refractivity contribution >= 4 is 35.1 Å². The Morgan fingerprint density at radius 1 is 1.26 bits per heavy atom. The van der Waals surface area contributed by atoms with Crippen LogP contribution in [0.25, 0.3) is 11.4 Å². The summed E-state index contributed by atoms with van der Waals surface area (Å²) in [5.74, 6) is -1.68. The number of nitrogens with zero attached hydrogens (tertiary/aromatic N) is 4. The lowest BCUT2D eigenvalue weighted by Gasteiger charge is -2.33. The van der Waals surface area contributed by atoms with Gasteiger partial charge in [0, 0.05) is 29.7 Å². The number of carboxylic acid groups (broad SMARTS) is 1. The Kier molecular flexibility index (Phi) is 4.79. The standard InChI is InChI=1S/C21H18Cl2N4O4/c1-10-17-16(4-5-26(10)20(28)11-2-3-14(22)15(23)7-11)24-27-8-12(21(29)30)6-13-9-31-25-18(13)19(17)27/h2-3,7,9-10,12H,4-6,8H2,1H3,(H,29,30)/t10-,12?/m1/s1. The lowest BCUT2D eigenvalue weighted by Crippen LogP contribution is -2.38. The Hall–Kier alpha value is -2.84. The van der Waals surface area contributed by atoms with Gasteiger partial charge in [0.15, 0.2) is 0 Å². The van der Waals surface area contributed by atoms with Gasteiger partial charge in [-0.25, -0.2) is 0 Å². The highest BCUT2D eigenvalue weighted by Crippen LogP contribution is 2.41. The van der Waals surface area contributed by atoms with Gasteiger partial charge in [-0.05, 0) is 31.5 Å². The molecule has 8 nitrogen and oxygen atoms in total. The first-order valence-corrected chi connectivity index (χ1v) is 10.6. The molecule has 5 rings (SSSR count). The van der Waals surface area contributed by atoms with Crippen LogP contribution in [-0.2, 0) is 24.2 Å². The van der Waals surface area contributed by atoms with Crippen molar-refractivity contribution in [3.63, 3.8) is 0 Å². The highest BCUT2D eigenvalue weighted by molar-refractivity contribution is 6.42. The van der Waals surface area contributed by atoms with Crippen molar-refractivity contribution in [2.24, 2.45) is 5.92 Å². The monoisotopic (exact) mass is 460 g/mol. The molecule has 31 heavy (non-hydrogen) atoms. The number of carbonyl (C=O) groups is 2. The van der Waals surface area contributed by atoms with Gasteiger partial charge in [0.1, 0.15) is 12.0 Å². The highest BCUT2D eigenvalue weighted by Gasteiger charge is 2.38. The molecule has 0 bridgehead atoms. The van der Waals surface area contributed by atoms with E-state index in [9.17, 15) is 14.7 Å². The average Bonchev–Trinajstić information content (AvgIpc) is 3.30. The molecule has 3 aromatic rings. The van der Waals surface area contributed by atoms with Crippen LogP contribution in [0.4, 0.5) is 0 Å². The van der Waals surface area contributed by atoms with E-state index in [-0.39, 0.29) is 18.5 Å². The zero-order valence-electron chi connectivity index (χ0n) is 16.5. The van der Waals surface area contributed by atoms with E-state index < -0.39 is 11.9 Å². The molecular formula is C21H18Cl2N4O4. The summed E-state index contributed by atoms with van der Waals surface area (Å²) >= 11 is 12.1. The van der Waals surface area contributed by atoms with Crippen molar-refractivity contribution in [3.8, 4) is 11.4 Å². The van der Waals surface area contributed by atoms with E-state index in [2.05, 4.69) is 5.16 Å². The number of rotatable bonds is 2. The summed E-state index contributed by atoms with van der Waals surface area (Å²) in [5, 5.41) is 19.2. The molecule has 2 aromatic heterocycles. The van der Waals surface area contributed by atoms with Crippen molar-refractivity contribution < 1.29 is 19.2 Å². The zero-order chi connectivity index (χ0) is 21.9. The highest BCUT2D eigenvalue weighted by atomic mass is 35.5. The first kappa shape index (κ1) is 20.1. The minimum absolute atomic E-state index is 0.158. The van der Waals surface area contributed by atoms with Gasteiger partial charge in [-0.3, -0.25) is 14.3 Å². The molecule has 0 spiro atoms. The third-order valence-electron chi connectivity index (χ3n) is 6.04. The molecule has 1 amide bonds. The summed E-state index contributed by atoms with van der Waals surface area (Å²) in [6.07, 6.45) is 2.36. The molecule has 4 heterocycles. The number of hydrogen-bond donors (Lipinski definition) is 1. The van der Waals surface area contributed by atoms with Gasteiger partial charge in [-0.15, -0.1) is 0 Å². The number of hydrogen-bond acceptors (Lipinski definition) is 5. The first-order valence-electron chi connectivity index (χ1n) is 9.87. The maximum atomic E-state index is 13.3. The number of amides is 1. The SMILES string of the molecule is C[C@@H]1c2c(nn3c2-c2nocc2CC(C(=O)O)C3)CCN1C(=O)c1ccc(Cl)c(Cl)c1. The average molecular weight is 461 g/mol. The van der Waals surface area contributed by atoms with E-state index in [0.717, 1.165) is 22.5 Å². The van der Waals surface area contributed by atoms with E-state index in [1.807, 2.05) is 6.92 Å². The van der Waals surface area contributed by atoms with Crippen LogP contribution in [0, 0.1) is 5.92 Å². The quantitative estimate of drug-likeness (QED) is 0.622. The molecule has 0 aliphatic carbocycles. The van der Waals surface area contributed by atoms with Crippen molar-refractivity contribution in [3.05, 3.63) is 56.9 Å². The van der Waals surface area contributed by atoms with Crippen molar-refractivity contribution in [1.29, 1.82) is 0 Å². The number of aliphatic carboxylic acids is 1. The molecule has 0 saturated heterocycles. The van der Waals surface area contributed by atoms with E-state index in [1.165, 1.54) is 6.26 Å². The normalized spacial score (nSPS) is 19.9. The summed E-state index contributed by atoms with van der Waals surface area (Å²) in [6.45, 7) is 2.66. The Morgan fingerprint density at radius 3 is 2.81 bits per heavy atom. The van der Waals surface area contributed by atoms with Gasteiger partial charge in [-0.2, -0.15) is 5.10 Å². The number of carbonyl (C=O) groups excluding carboxylic acids is 1. The fourth-order valence-corrected chi connectivity index (χ4v) is 4.78. The van der Waals surface area contributed by atoms with Crippen LogP contribution in [-0.4, -0.2) is 43.4 Å². The maximum Gasteiger partial charge on any atom is 0.308 e. The third kappa shape index (κ3) is 3.21. The van der Waals surface area contributed by atoms with E-state index in [1.54, 1.807) is 27.8 Å². The molecule has 1 unspecified atom stereocenters. The fraction of sp³-hybridized carbons (Fsp3) is 0.333. The molecule has 1 aromatic carbocycles. The largest absolute Gasteiger partial charge is 0.481 e. The Morgan fingerprint density at radius 2 is 2.06 bits per heavy atom. The lowest BCUT2D eigenvalue weighted by molar-refractivity contribution is -0.142. The Bertz CT molecular complexity index is 1220. The molecule has 2 aliphatic rings. The smallest absolute Gasteiger partial charge is 0.308 e. The predicted octanol–water partition coefficient (Wildman–Crippen LogP) is 3.86. The number of fused-ring (bicyclic) bond motifs is 5. The fourth-order valence-electron chi connectivity index (χ4n) is 4.48. The number of benzene rings is 1. The van der Waals surface area contributed by atoms with Gasteiger partial charge in [0.25, 0.3) is 5.91 Å². The lowest BCUT2D eigenvalue weighted by atomic mass is 9.94. The van der Waals surface area contributed by atoms with Gasteiger partial charge in [-0.1, -0.05) is 28.4 Å². The molecule has 0 fully saturated rings. The summed E-state index contributed by atoms with van der Waals surface area (Å²) < 4.78 is 6.89. The molecule has 160 valence electrons. The maximum absolute atomic E-state index is 13.3. The second-order valence-electron chi connectivity index (χ2n) is 7.87. The Labute approximate surface area is 187 Å². The zero-order valence-corrected chi connectivity index (χ0v) is 18.0. The van der Waals surface area contributed by atoms with Crippen molar-refractivity contribution in [2.45, 2.75) is 32.4 Å². The minimum Gasteiger partial charge on any atom is -0.481 e. The van der Waals surface area contributed by atoms with Gasteiger partial charge < -0.3 is 14.5 Å². The van der Waals surface area contributed by atoms with Crippen LogP contribution in [0.5, 0.6) is 0 Å². The third-order valence-corrected chi connectivity index (χ3v) is 6.78. The summed E-state index contributed by atoms with van der Waals surface area (Å²) in [4.78, 5) is 26.8. The van der Waals surface area contributed by atoms with Crippen LogP contribution < -0.4 is 0 Å². The van der Waals surface area contributed by atoms with Gasteiger partial charge in [0.05, 0.1) is 39.9 Å². The molecule has 1 N–H and O–H groups in total. The summed E-state index contributed by atoms with van der Waals surface area (Å²) in [5.41, 5.74) is 4.22. The number of aromatic nitrogens is 3. The molecular weight excluding hydrogens is 443 g/mol.